The van der Waals surface area contributed by atoms with E-state index in [1.165, 1.54) is 15.3 Å². The van der Waals surface area contributed by atoms with Gasteiger partial charge in [-0.3, -0.25) is 0 Å². The molecule has 1 aromatic heterocycles. The van der Waals surface area contributed by atoms with Gasteiger partial charge >= 0.3 is 0 Å². The third kappa shape index (κ3) is 3.58. The predicted octanol–water partition coefficient (Wildman–Crippen LogP) is 4.61. The Balaban J connectivity index is 1.97. The Morgan fingerprint density at radius 3 is 2.88 bits per heavy atom. The third-order valence-corrected chi connectivity index (χ3v) is 5.52. The van der Waals surface area contributed by atoms with Gasteiger partial charge in [-0.15, -0.1) is 23.1 Å². The smallest absolute Gasteiger partial charge is 0.0496 e. The molecule has 0 bridgehead atoms. The van der Waals surface area contributed by atoms with Crippen LogP contribution >= 0.6 is 39.0 Å². The average molecular weight is 328 g/mol. The minimum Gasteiger partial charge on any atom is -0.323 e. The summed E-state index contributed by atoms with van der Waals surface area (Å²) in [6.45, 7) is 2.11. The molecule has 90 valence electrons. The molecule has 1 aromatic carbocycles. The van der Waals surface area contributed by atoms with Crippen LogP contribution in [0.5, 0.6) is 0 Å². The van der Waals surface area contributed by atoms with Crippen molar-refractivity contribution in [3.05, 3.63) is 50.6 Å². The molecule has 0 amide bonds. The molecule has 2 rings (SSSR count). The van der Waals surface area contributed by atoms with Gasteiger partial charge in [0, 0.05) is 26.0 Å². The lowest BCUT2D eigenvalue weighted by Crippen LogP contribution is -2.11. The molecule has 0 aliphatic rings. The van der Waals surface area contributed by atoms with Crippen LogP contribution in [-0.2, 0) is 0 Å². The summed E-state index contributed by atoms with van der Waals surface area (Å²) in [6.07, 6.45) is 0. The molecule has 0 spiro atoms. The van der Waals surface area contributed by atoms with Crippen LogP contribution < -0.4 is 5.73 Å². The Kier molecular flexibility index (Phi) is 4.68. The highest BCUT2D eigenvalue weighted by molar-refractivity contribution is 9.10. The van der Waals surface area contributed by atoms with E-state index >= 15 is 0 Å². The molecule has 1 heterocycles. The summed E-state index contributed by atoms with van der Waals surface area (Å²) in [6, 6.07) is 10.7. The van der Waals surface area contributed by atoms with E-state index in [2.05, 4.69) is 58.6 Å². The molecule has 0 radical (unpaired) electrons. The second-order valence-electron chi connectivity index (χ2n) is 3.87. The topological polar surface area (TPSA) is 26.0 Å². The fraction of sp³-hybridized carbons (Fsp3) is 0.231. The Morgan fingerprint density at radius 2 is 2.24 bits per heavy atom. The summed E-state index contributed by atoms with van der Waals surface area (Å²) in [4.78, 5) is 2.51. The molecule has 1 nitrogen and oxygen atoms in total. The zero-order valence-electron chi connectivity index (χ0n) is 9.52. The number of nitrogens with two attached hydrogens (primary N) is 1. The first-order valence-corrected chi connectivity index (χ1v) is 8.00. The van der Waals surface area contributed by atoms with E-state index in [4.69, 9.17) is 5.73 Å². The van der Waals surface area contributed by atoms with Gasteiger partial charge in [0.1, 0.15) is 0 Å². The van der Waals surface area contributed by atoms with Crippen LogP contribution in [0.2, 0.25) is 0 Å². The van der Waals surface area contributed by atoms with Crippen molar-refractivity contribution in [2.75, 3.05) is 5.75 Å². The summed E-state index contributed by atoms with van der Waals surface area (Å²) in [5.41, 5.74) is 7.48. The highest BCUT2D eigenvalue weighted by Crippen LogP contribution is 2.31. The van der Waals surface area contributed by atoms with E-state index in [-0.39, 0.29) is 6.04 Å². The maximum absolute atomic E-state index is 6.19. The molecule has 1 atom stereocenters. The van der Waals surface area contributed by atoms with Gasteiger partial charge < -0.3 is 5.73 Å². The second-order valence-corrected chi connectivity index (χ2v) is 6.76. The molecular formula is C13H14BrNS2. The van der Waals surface area contributed by atoms with E-state index < -0.39 is 0 Å². The van der Waals surface area contributed by atoms with Crippen molar-refractivity contribution in [3.63, 3.8) is 0 Å². The molecule has 0 saturated heterocycles. The number of rotatable bonds is 4. The van der Waals surface area contributed by atoms with Gasteiger partial charge in [-0.1, -0.05) is 17.7 Å². The van der Waals surface area contributed by atoms with Crippen LogP contribution in [0.1, 0.15) is 16.5 Å². The van der Waals surface area contributed by atoms with Crippen molar-refractivity contribution in [2.24, 2.45) is 5.73 Å². The Bertz CT molecular complexity index is 496. The molecule has 2 N–H and O–H groups in total. The van der Waals surface area contributed by atoms with Gasteiger partial charge in [0.2, 0.25) is 0 Å². The van der Waals surface area contributed by atoms with Crippen LogP contribution in [0.15, 0.2) is 45.1 Å². The molecular weight excluding hydrogens is 314 g/mol. The molecule has 0 fully saturated rings. The molecule has 17 heavy (non-hydrogen) atoms. The third-order valence-electron chi connectivity index (χ3n) is 2.40. The van der Waals surface area contributed by atoms with Crippen molar-refractivity contribution < 1.29 is 0 Å². The van der Waals surface area contributed by atoms with Crippen molar-refractivity contribution in [3.8, 4) is 0 Å². The fourth-order valence-electron chi connectivity index (χ4n) is 1.54. The van der Waals surface area contributed by atoms with Gasteiger partial charge in [0.15, 0.2) is 0 Å². The minimum absolute atomic E-state index is 0.0925. The van der Waals surface area contributed by atoms with Gasteiger partial charge in [-0.2, -0.15) is 0 Å². The van der Waals surface area contributed by atoms with Crippen molar-refractivity contribution in [1.82, 2.24) is 0 Å². The summed E-state index contributed by atoms with van der Waals surface area (Å²) in [5.74, 6) is 0.905. The zero-order chi connectivity index (χ0) is 12.3. The largest absolute Gasteiger partial charge is 0.323 e. The maximum Gasteiger partial charge on any atom is 0.0496 e. The van der Waals surface area contributed by atoms with Gasteiger partial charge in [0.05, 0.1) is 0 Å². The lowest BCUT2D eigenvalue weighted by atomic mass is 10.2. The van der Waals surface area contributed by atoms with Crippen molar-refractivity contribution in [2.45, 2.75) is 17.9 Å². The van der Waals surface area contributed by atoms with Crippen LogP contribution in [-0.4, -0.2) is 5.75 Å². The van der Waals surface area contributed by atoms with Gasteiger partial charge in [-0.25, -0.2) is 0 Å². The SMILES string of the molecule is Cc1cccc(SCC(N)c2sccc2Br)c1. The first kappa shape index (κ1) is 13.1. The van der Waals surface area contributed by atoms with Crippen LogP contribution in [0.25, 0.3) is 0 Å². The summed E-state index contributed by atoms with van der Waals surface area (Å²) >= 11 is 7.05. The number of hydrogen-bond donors (Lipinski definition) is 1. The quantitative estimate of drug-likeness (QED) is 0.830. The summed E-state index contributed by atoms with van der Waals surface area (Å²) < 4.78 is 1.12. The number of benzene rings is 1. The van der Waals surface area contributed by atoms with Crippen LogP contribution in [0.4, 0.5) is 0 Å². The number of thioether (sulfide) groups is 1. The van der Waals surface area contributed by atoms with E-state index in [0.717, 1.165) is 10.2 Å². The van der Waals surface area contributed by atoms with E-state index in [0.29, 0.717) is 0 Å². The molecule has 4 heteroatoms. The maximum atomic E-state index is 6.19. The van der Waals surface area contributed by atoms with Gasteiger partial charge in [-0.05, 0) is 46.4 Å². The van der Waals surface area contributed by atoms with Crippen molar-refractivity contribution >= 4 is 39.0 Å². The lowest BCUT2D eigenvalue weighted by Gasteiger charge is -2.10. The summed E-state index contributed by atoms with van der Waals surface area (Å²) in [7, 11) is 0. The number of thiophene rings is 1. The van der Waals surface area contributed by atoms with E-state index in [1.54, 1.807) is 11.3 Å². The lowest BCUT2D eigenvalue weighted by molar-refractivity contribution is 0.847. The van der Waals surface area contributed by atoms with Crippen molar-refractivity contribution in [1.29, 1.82) is 0 Å². The normalized spacial score (nSPS) is 12.6. The first-order chi connectivity index (χ1) is 8.16. The van der Waals surface area contributed by atoms with E-state index in [9.17, 15) is 0 Å². The highest BCUT2D eigenvalue weighted by atomic mass is 79.9. The molecule has 1 unspecified atom stereocenters. The molecule has 0 saturated carbocycles. The Morgan fingerprint density at radius 1 is 1.41 bits per heavy atom. The Labute approximate surface area is 119 Å². The van der Waals surface area contributed by atoms with Gasteiger partial charge in [0.25, 0.3) is 0 Å². The summed E-state index contributed by atoms with van der Waals surface area (Å²) in [5, 5.41) is 2.07. The zero-order valence-corrected chi connectivity index (χ0v) is 12.7. The van der Waals surface area contributed by atoms with Crippen LogP contribution in [0, 0.1) is 6.92 Å². The van der Waals surface area contributed by atoms with Crippen LogP contribution in [0.3, 0.4) is 0 Å². The fourth-order valence-corrected chi connectivity index (χ4v) is 4.30. The average Bonchev–Trinajstić information content (AvgIpc) is 2.72. The number of hydrogen-bond acceptors (Lipinski definition) is 3. The Hall–Kier alpha value is -0.290. The molecule has 0 aliphatic carbocycles. The second kappa shape index (κ2) is 6.05. The minimum atomic E-state index is 0.0925. The number of halogens is 1. The molecule has 0 aliphatic heterocycles. The number of aryl methyl sites for hydroxylation is 1. The highest BCUT2D eigenvalue weighted by Gasteiger charge is 2.11. The monoisotopic (exact) mass is 327 g/mol. The predicted molar refractivity (Wildman–Crippen MR) is 80.9 cm³/mol. The standard InChI is InChI=1S/C13H14BrNS2/c1-9-3-2-4-10(7-9)17-8-12(15)13-11(14)5-6-16-13/h2-7,12H,8,15H2,1H3. The molecule has 2 aromatic rings. The van der Waals surface area contributed by atoms with E-state index in [1.807, 2.05) is 11.8 Å². The first-order valence-electron chi connectivity index (χ1n) is 5.35.